The number of nitrogens with one attached hydrogen (secondary N) is 2. The van der Waals surface area contributed by atoms with Crippen LogP contribution in [-0.4, -0.2) is 46.0 Å². The molecule has 0 spiro atoms. The molecule has 1 aliphatic heterocycles. The second kappa shape index (κ2) is 9.37. The maximum absolute atomic E-state index is 11.7. The van der Waals surface area contributed by atoms with Gasteiger partial charge >= 0.3 is 0 Å². The summed E-state index contributed by atoms with van der Waals surface area (Å²) in [5.41, 5.74) is 1.79. The summed E-state index contributed by atoms with van der Waals surface area (Å²) in [5, 5.41) is 3.40. The van der Waals surface area contributed by atoms with Crippen LogP contribution in [0.5, 0.6) is 0 Å². The summed E-state index contributed by atoms with van der Waals surface area (Å²) in [4.78, 5) is 7.15. The first-order valence-corrected chi connectivity index (χ1v) is 11.0. The zero-order valence-corrected chi connectivity index (χ0v) is 17.1. The van der Waals surface area contributed by atoms with E-state index in [0.29, 0.717) is 18.4 Å². The van der Waals surface area contributed by atoms with E-state index in [0.717, 1.165) is 36.7 Å². The molecule has 146 valence electrons. The number of hydrogen-bond acceptors (Lipinski definition) is 3. The molecule has 1 heterocycles. The number of sulfonamides is 1. The van der Waals surface area contributed by atoms with Crippen LogP contribution in [0.2, 0.25) is 0 Å². The molecule has 1 aromatic rings. The Morgan fingerprint density at radius 1 is 1.23 bits per heavy atom. The quantitative estimate of drug-likeness (QED) is 0.586. The SMILES string of the molecule is CCNC(=NCc1cccc(CS(=O)(=O)NC)c1)N1CC(C)CC(C)C1. The molecule has 1 aliphatic rings. The number of benzene rings is 1. The van der Waals surface area contributed by atoms with E-state index >= 15 is 0 Å². The van der Waals surface area contributed by atoms with Gasteiger partial charge in [0.15, 0.2) is 5.96 Å². The summed E-state index contributed by atoms with van der Waals surface area (Å²) < 4.78 is 25.8. The van der Waals surface area contributed by atoms with Crippen molar-refractivity contribution in [2.45, 2.75) is 39.5 Å². The maximum Gasteiger partial charge on any atom is 0.215 e. The second-order valence-corrected chi connectivity index (χ2v) is 9.23. The zero-order chi connectivity index (χ0) is 19.2. The Balaban J connectivity index is 2.11. The lowest BCUT2D eigenvalue weighted by molar-refractivity contribution is 0.208. The Bertz CT molecular complexity index is 708. The molecule has 26 heavy (non-hydrogen) atoms. The van der Waals surface area contributed by atoms with Crippen LogP contribution in [0.3, 0.4) is 0 Å². The minimum absolute atomic E-state index is 0.0116. The van der Waals surface area contributed by atoms with E-state index in [9.17, 15) is 8.42 Å². The monoisotopic (exact) mass is 380 g/mol. The van der Waals surface area contributed by atoms with Crippen LogP contribution >= 0.6 is 0 Å². The van der Waals surface area contributed by atoms with Crippen LogP contribution in [0, 0.1) is 11.8 Å². The summed E-state index contributed by atoms with van der Waals surface area (Å²) >= 11 is 0. The standard InChI is InChI=1S/C19H32N4O2S/c1-5-21-19(23-12-15(2)9-16(3)13-23)22-11-17-7-6-8-18(10-17)14-26(24,25)20-4/h6-8,10,15-16,20H,5,9,11-14H2,1-4H3,(H,21,22). The zero-order valence-electron chi connectivity index (χ0n) is 16.3. The van der Waals surface area contributed by atoms with E-state index in [-0.39, 0.29) is 5.75 Å². The van der Waals surface area contributed by atoms with Gasteiger partial charge in [0.1, 0.15) is 0 Å². The molecule has 0 radical (unpaired) electrons. The van der Waals surface area contributed by atoms with E-state index in [1.807, 2.05) is 24.3 Å². The maximum atomic E-state index is 11.7. The molecule has 0 amide bonds. The normalized spacial score (nSPS) is 21.7. The Morgan fingerprint density at radius 2 is 1.88 bits per heavy atom. The molecule has 2 rings (SSSR count). The third-order valence-electron chi connectivity index (χ3n) is 4.57. The number of piperidine rings is 1. The Labute approximate surface area is 158 Å². The first-order chi connectivity index (χ1) is 12.3. The van der Waals surface area contributed by atoms with E-state index in [4.69, 9.17) is 4.99 Å². The second-order valence-electron chi connectivity index (χ2n) is 7.30. The number of nitrogens with zero attached hydrogens (tertiary/aromatic N) is 2. The van der Waals surface area contributed by atoms with Crippen molar-refractivity contribution in [3.05, 3.63) is 35.4 Å². The van der Waals surface area contributed by atoms with Gasteiger partial charge in [-0.05, 0) is 43.4 Å². The molecule has 2 atom stereocenters. The molecule has 0 aliphatic carbocycles. The highest BCUT2D eigenvalue weighted by molar-refractivity contribution is 7.88. The van der Waals surface area contributed by atoms with Gasteiger partial charge in [-0.25, -0.2) is 18.1 Å². The van der Waals surface area contributed by atoms with E-state index in [2.05, 4.69) is 35.7 Å². The van der Waals surface area contributed by atoms with Gasteiger partial charge in [-0.1, -0.05) is 38.1 Å². The lowest BCUT2D eigenvalue weighted by Crippen LogP contribution is -2.48. The number of hydrogen-bond donors (Lipinski definition) is 2. The Hall–Kier alpha value is -1.60. The molecule has 0 saturated carbocycles. The van der Waals surface area contributed by atoms with Crippen molar-refractivity contribution < 1.29 is 8.42 Å². The average Bonchev–Trinajstić information content (AvgIpc) is 2.57. The van der Waals surface area contributed by atoms with E-state index in [1.165, 1.54) is 13.5 Å². The summed E-state index contributed by atoms with van der Waals surface area (Å²) in [6, 6.07) is 7.64. The summed E-state index contributed by atoms with van der Waals surface area (Å²) in [6.07, 6.45) is 1.26. The molecular weight excluding hydrogens is 348 g/mol. The minimum Gasteiger partial charge on any atom is -0.357 e. The van der Waals surface area contributed by atoms with Gasteiger partial charge in [-0.3, -0.25) is 0 Å². The van der Waals surface area contributed by atoms with E-state index in [1.54, 1.807) is 0 Å². The largest absolute Gasteiger partial charge is 0.357 e. The summed E-state index contributed by atoms with van der Waals surface area (Å²) in [6.45, 7) is 10.1. The molecule has 2 unspecified atom stereocenters. The molecule has 0 bridgehead atoms. The van der Waals surface area contributed by atoms with Gasteiger partial charge in [0, 0.05) is 19.6 Å². The van der Waals surface area contributed by atoms with Gasteiger partial charge in [-0.15, -0.1) is 0 Å². The van der Waals surface area contributed by atoms with Crippen molar-refractivity contribution in [1.29, 1.82) is 0 Å². The predicted octanol–water partition coefficient (Wildman–Crippen LogP) is 2.18. The number of rotatable bonds is 6. The van der Waals surface area contributed by atoms with E-state index < -0.39 is 10.0 Å². The fraction of sp³-hybridized carbons (Fsp3) is 0.632. The topological polar surface area (TPSA) is 73.8 Å². The number of aliphatic imine (C=N–C) groups is 1. The highest BCUT2D eigenvalue weighted by Gasteiger charge is 2.23. The van der Waals surface area contributed by atoms with Crippen molar-refractivity contribution in [2.24, 2.45) is 16.8 Å². The van der Waals surface area contributed by atoms with Gasteiger partial charge in [0.25, 0.3) is 0 Å². The predicted molar refractivity (Wildman–Crippen MR) is 107 cm³/mol. The average molecular weight is 381 g/mol. The third-order valence-corrected chi connectivity index (χ3v) is 5.91. The van der Waals surface area contributed by atoms with Crippen molar-refractivity contribution in [2.75, 3.05) is 26.7 Å². The molecule has 6 nitrogen and oxygen atoms in total. The Morgan fingerprint density at radius 3 is 2.50 bits per heavy atom. The number of likely N-dealkylation sites (tertiary alicyclic amines) is 1. The third kappa shape index (κ3) is 6.29. The molecule has 0 aromatic heterocycles. The van der Waals surface area contributed by atoms with Gasteiger partial charge in [-0.2, -0.15) is 0 Å². The highest BCUT2D eigenvalue weighted by atomic mass is 32.2. The van der Waals surface area contributed by atoms with Crippen LogP contribution in [0.4, 0.5) is 0 Å². The molecule has 2 N–H and O–H groups in total. The highest BCUT2D eigenvalue weighted by Crippen LogP contribution is 2.21. The van der Waals surface area contributed by atoms with Crippen LogP contribution in [-0.2, 0) is 22.3 Å². The van der Waals surface area contributed by atoms with Crippen LogP contribution < -0.4 is 10.0 Å². The Kier molecular flexibility index (Phi) is 7.46. The van der Waals surface area contributed by atoms with Gasteiger partial charge in [0.2, 0.25) is 10.0 Å². The van der Waals surface area contributed by atoms with Crippen LogP contribution in [0.1, 0.15) is 38.3 Å². The van der Waals surface area contributed by atoms with Crippen LogP contribution in [0.15, 0.2) is 29.3 Å². The minimum atomic E-state index is -3.27. The van der Waals surface area contributed by atoms with Crippen molar-refractivity contribution in [3.63, 3.8) is 0 Å². The lowest BCUT2D eigenvalue weighted by atomic mass is 9.92. The number of guanidine groups is 1. The molecule has 1 fully saturated rings. The van der Waals surface area contributed by atoms with Gasteiger partial charge in [0.05, 0.1) is 12.3 Å². The fourth-order valence-corrected chi connectivity index (χ4v) is 4.30. The van der Waals surface area contributed by atoms with Gasteiger partial charge < -0.3 is 10.2 Å². The molecular formula is C19H32N4O2S. The first kappa shape index (κ1) is 20.7. The van der Waals surface area contributed by atoms with Crippen molar-refractivity contribution >= 4 is 16.0 Å². The van der Waals surface area contributed by atoms with Crippen LogP contribution in [0.25, 0.3) is 0 Å². The molecule has 7 heteroatoms. The first-order valence-electron chi connectivity index (χ1n) is 9.35. The fourth-order valence-electron chi connectivity index (χ4n) is 3.54. The molecule has 1 aromatic carbocycles. The summed E-state index contributed by atoms with van der Waals surface area (Å²) in [5.74, 6) is 2.26. The lowest BCUT2D eigenvalue weighted by Gasteiger charge is -2.37. The smallest absolute Gasteiger partial charge is 0.215 e. The van der Waals surface area contributed by atoms with Crippen molar-refractivity contribution in [1.82, 2.24) is 14.9 Å². The van der Waals surface area contributed by atoms with Crippen molar-refractivity contribution in [3.8, 4) is 0 Å². The molecule has 1 saturated heterocycles. The summed E-state index contributed by atoms with van der Waals surface area (Å²) in [7, 11) is -1.83.